The maximum absolute atomic E-state index is 12.7. The van der Waals surface area contributed by atoms with Crippen LogP contribution in [0.5, 0.6) is 0 Å². The lowest BCUT2D eigenvalue weighted by Crippen LogP contribution is -2.28. The molecular weight excluding hydrogens is 407 g/mol. The van der Waals surface area contributed by atoms with Gasteiger partial charge in [-0.15, -0.1) is 0 Å². The summed E-state index contributed by atoms with van der Waals surface area (Å²) < 4.78 is 0. The Balaban J connectivity index is 1.95. The fourth-order valence-corrected chi connectivity index (χ4v) is 3.99. The van der Waals surface area contributed by atoms with Gasteiger partial charge in [-0.2, -0.15) is 0 Å². The third-order valence-electron chi connectivity index (χ3n) is 3.82. The van der Waals surface area contributed by atoms with E-state index >= 15 is 0 Å². The van der Waals surface area contributed by atoms with Gasteiger partial charge in [-0.25, -0.2) is 9.79 Å². The molecule has 2 aromatic rings. The number of likely N-dealkylation sites (N-methyl/N-ethyl adjacent to an activating group) is 1. The SMILES string of the molecule is CCN1C(=O)/C(=C/c2c(Cl)cccc2Cl)SC1=Nc1ccc(C(=O)O)cc1. The lowest BCUT2D eigenvalue weighted by Gasteiger charge is -2.12. The molecule has 1 saturated heterocycles. The van der Waals surface area contributed by atoms with Gasteiger partial charge >= 0.3 is 5.97 Å². The summed E-state index contributed by atoms with van der Waals surface area (Å²) in [7, 11) is 0. The van der Waals surface area contributed by atoms with Crippen LogP contribution < -0.4 is 0 Å². The van der Waals surface area contributed by atoms with E-state index in [1.165, 1.54) is 23.9 Å². The molecule has 1 heterocycles. The molecule has 0 bridgehead atoms. The number of carbonyl (C=O) groups excluding carboxylic acids is 1. The second-order valence-corrected chi connectivity index (χ2v) is 7.37. The van der Waals surface area contributed by atoms with Gasteiger partial charge in [0.2, 0.25) is 0 Å². The number of carboxylic acids is 1. The average Bonchev–Trinajstić information content (AvgIpc) is 2.93. The Morgan fingerprint density at radius 3 is 2.37 bits per heavy atom. The van der Waals surface area contributed by atoms with Crippen molar-refractivity contribution in [3.63, 3.8) is 0 Å². The molecule has 1 aliphatic heterocycles. The Kier molecular flexibility index (Phi) is 5.89. The minimum Gasteiger partial charge on any atom is -0.478 e. The van der Waals surface area contributed by atoms with E-state index in [0.29, 0.717) is 37.9 Å². The van der Waals surface area contributed by atoms with Crippen LogP contribution in [0.1, 0.15) is 22.8 Å². The van der Waals surface area contributed by atoms with Crippen molar-refractivity contribution < 1.29 is 14.7 Å². The van der Waals surface area contributed by atoms with Crippen LogP contribution in [0.3, 0.4) is 0 Å². The molecule has 27 heavy (non-hydrogen) atoms. The number of carbonyl (C=O) groups is 2. The molecule has 0 unspecified atom stereocenters. The molecule has 1 fully saturated rings. The Morgan fingerprint density at radius 2 is 1.81 bits per heavy atom. The van der Waals surface area contributed by atoms with Crippen LogP contribution in [0, 0.1) is 0 Å². The van der Waals surface area contributed by atoms with Gasteiger partial charge < -0.3 is 5.11 Å². The summed E-state index contributed by atoms with van der Waals surface area (Å²) in [5.74, 6) is -1.18. The molecule has 1 aliphatic rings. The molecule has 5 nitrogen and oxygen atoms in total. The quantitative estimate of drug-likeness (QED) is 0.679. The summed E-state index contributed by atoms with van der Waals surface area (Å²) in [6.45, 7) is 2.30. The molecule has 1 N–H and O–H groups in total. The highest BCUT2D eigenvalue weighted by Crippen LogP contribution is 2.36. The number of thioether (sulfide) groups is 1. The van der Waals surface area contributed by atoms with Gasteiger partial charge in [0.05, 0.1) is 16.2 Å². The first-order valence-electron chi connectivity index (χ1n) is 7.98. The number of hydrogen-bond donors (Lipinski definition) is 1. The third-order valence-corrected chi connectivity index (χ3v) is 5.48. The largest absolute Gasteiger partial charge is 0.478 e. The Hall–Kier alpha value is -2.28. The number of aliphatic imine (C=N–C) groups is 1. The number of nitrogens with zero attached hydrogens (tertiary/aromatic N) is 2. The molecule has 3 rings (SSSR count). The highest BCUT2D eigenvalue weighted by molar-refractivity contribution is 8.18. The van der Waals surface area contributed by atoms with E-state index in [1.54, 1.807) is 41.3 Å². The van der Waals surface area contributed by atoms with Crippen LogP contribution in [0.4, 0.5) is 5.69 Å². The lowest BCUT2D eigenvalue weighted by atomic mass is 10.2. The summed E-state index contributed by atoms with van der Waals surface area (Å²) in [6.07, 6.45) is 1.66. The predicted octanol–water partition coefficient (Wildman–Crippen LogP) is 5.32. The number of amidine groups is 1. The number of hydrogen-bond acceptors (Lipinski definition) is 4. The topological polar surface area (TPSA) is 70.0 Å². The van der Waals surface area contributed by atoms with Crippen molar-refractivity contribution in [3.05, 3.63) is 68.5 Å². The van der Waals surface area contributed by atoms with E-state index in [0.717, 1.165) is 0 Å². The molecular formula is C19H14Cl2N2O3S. The summed E-state index contributed by atoms with van der Waals surface area (Å²) in [5.41, 5.74) is 1.32. The van der Waals surface area contributed by atoms with Crippen molar-refractivity contribution in [2.45, 2.75) is 6.92 Å². The third kappa shape index (κ3) is 4.18. The monoisotopic (exact) mass is 420 g/mol. The second kappa shape index (κ2) is 8.17. The number of rotatable bonds is 4. The van der Waals surface area contributed by atoms with E-state index in [1.807, 2.05) is 6.92 Å². The van der Waals surface area contributed by atoms with Crippen LogP contribution in [0.15, 0.2) is 52.4 Å². The fourth-order valence-electron chi connectivity index (χ4n) is 2.44. The van der Waals surface area contributed by atoms with E-state index < -0.39 is 5.97 Å². The minimum atomic E-state index is -1.00. The van der Waals surface area contributed by atoms with Crippen LogP contribution in [-0.4, -0.2) is 33.6 Å². The zero-order valence-corrected chi connectivity index (χ0v) is 16.5. The molecule has 0 radical (unpaired) electrons. The van der Waals surface area contributed by atoms with Gasteiger partial charge in [0.1, 0.15) is 0 Å². The predicted molar refractivity (Wildman–Crippen MR) is 110 cm³/mol. The van der Waals surface area contributed by atoms with Crippen molar-refractivity contribution in [1.82, 2.24) is 4.90 Å². The molecule has 0 aromatic heterocycles. The second-order valence-electron chi connectivity index (χ2n) is 5.54. The fraction of sp³-hybridized carbons (Fsp3) is 0.105. The van der Waals surface area contributed by atoms with Crippen molar-refractivity contribution in [2.75, 3.05) is 6.54 Å². The summed E-state index contributed by atoms with van der Waals surface area (Å²) in [4.78, 5) is 30.1. The van der Waals surface area contributed by atoms with Crippen LogP contribution >= 0.6 is 35.0 Å². The normalized spacial score (nSPS) is 17.1. The average molecular weight is 421 g/mol. The number of aromatic carboxylic acids is 1. The maximum Gasteiger partial charge on any atom is 0.335 e. The van der Waals surface area contributed by atoms with Crippen LogP contribution in [0.25, 0.3) is 6.08 Å². The van der Waals surface area contributed by atoms with E-state index in [2.05, 4.69) is 4.99 Å². The van der Waals surface area contributed by atoms with E-state index in [9.17, 15) is 9.59 Å². The summed E-state index contributed by atoms with van der Waals surface area (Å²) >= 11 is 13.6. The molecule has 8 heteroatoms. The standard InChI is InChI=1S/C19H14Cl2N2O3S/c1-2-23-17(24)16(10-13-14(20)4-3-5-15(13)21)27-19(23)22-12-8-6-11(7-9-12)18(25)26/h3-10H,2H2,1H3,(H,25,26)/b16-10-,22-19?. The molecule has 0 saturated carbocycles. The van der Waals surface area contributed by atoms with Gasteiger partial charge in [-0.1, -0.05) is 29.3 Å². The Bertz CT molecular complexity index is 951. The molecule has 0 spiro atoms. The van der Waals surface area contributed by atoms with Crippen molar-refractivity contribution in [1.29, 1.82) is 0 Å². The van der Waals surface area contributed by atoms with Crippen LogP contribution in [-0.2, 0) is 4.79 Å². The molecule has 0 atom stereocenters. The summed E-state index contributed by atoms with van der Waals surface area (Å²) in [5, 5.41) is 10.4. The zero-order valence-electron chi connectivity index (χ0n) is 14.1. The van der Waals surface area contributed by atoms with Gasteiger partial charge in [-0.05, 0) is 61.2 Å². The van der Waals surface area contributed by atoms with E-state index in [-0.39, 0.29) is 11.5 Å². The Labute approximate surface area is 170 Å². The number of halogens is 2. The maximum atomic E-state index is 12.7. The van der Waals surface area contributed by atoms with Gasteiger partial charge in [0.15, 0.2) is 5.17 Å². The van der Waals surface area contributed by atoms with Crippen LogP contribution in [0.2, 0.25) is 10.0 Å². The molecule has 1 amide bonds. The number of carboxylic acid groups (broad SMARTS) is 1. The smallest absolute Gasteiger partial charge is 0.335 e. The number of amides is 1. The lowest BCUT2D eigenvalue weighted by molar-refractivity contribution is -0.122. The molecule has 0 aliphatic carbocycles. The first-order chi connectivity index (χ1) is 12.9. The summed E-state index contributed by atoms with van der Waals surface area (Å²) in [6, 6.07) is 11.3. The minimum absolute atomic E-state index is 0.176. The van der Waals surface area contributed by atoms with Crippen molar-refractivity contribution >= 4 is 63.8 Å². The highest BCUT2D eigenvalue weighted by atomic mass is 35.5. The van der Waals surface area contributed by atoms with Gasteiger partial charge in [-0.3, -0.25) is 9.69 Å². The molecule has 2 aromatic carbocycles. The van der Waals surface area contributed by atoms with Gasteiger partial charge in [0, 0.05) is 22.2 Å². The first-order valence-corrected chi connectivity index (χ1v) is 9.55. The van der Waals surface area contributed by atoms with E-state index in [4.69, 9.17) is 28.3 Å². The van der Waals surface area contributed by atoms with Crippen molar-refractivity contribution in [2.24, 2.45) is 4.99 Å². The van der Waals surface area contributed by atoms with Gasteiger partial charge in [0.25, 0.3) is 5.91 Å². The Morgan fingerprint density at radius 1 is 1.19 bits per heavy atom. The van der Waals surface area contributed by atoms with Crippen molar-refractivity contribution in [3.8, 4) is 0 Å². The first kappa shape index (κ1) is 19.5. The highest BCUT2D eigenvalue weighted by Gasteiger charge is 2.32. The zero-order chi connectivity index (χ0) is 19.6. The molecule has 138 valence electrons. The number of benzene rings is 2.